The summed E-state index contributed by atoms with van der Waals surface area (Å²) in [4.78, 5) is 8.48. The zero-order valence-corrected chi connectivity index (χ0v) is 12.5. The van der Waals surface area contributed by atoms with Crippen molar-refractivity contribution in [1.82, 2.24) is 14.4 Å². The van der Waals surface area contributed by atoms with E-state index in [2.05, 4.69) is 34.2 Å². The van der Waals surface area contributed by atoms with Gasteiger partial charge in [-0.3, -0.25) is 9.38 Å². The summed E-state index contributed by atoms with van der Waals surface area (Å²) in [6.07, 6.45) is 14.0. The minimum absolute atomic E-state index is 0.390. The fourth-order valence-corrected chi connectivity index (χ4v) is 3.14. The monoisotopic (exact) mass is 293 g/mol. The van der Waals surface area contributed by atoms with Crippen molar-refractivity contribution in [3.05, 3.63) is 49.1 Å². The van der Waals surface area contributed by atoms with Crippen LogP contribution in [0.3, 0.4) is 0 Å². The summed E-state index contributed by atoms with van der Waals surface area (Å²) in [6, 6.07) is 8.32. The summed E-state index contributed by atoms with van der Waals surface area (Å²) in [6.45, 7) is 0. The smallest absolute Gasteiger partial charge is 0.155 e. The van der Waals surface area contributed by atoms with Crippen molar-refractivity contribution in [1.29, 1.82) is 0 Å². The van der Waals surface area contributed by atoms with Crippen LogP contribution in [0.1, 0.15) is 32.1 Å². The lowest BCUT2D eigenvalue weighted by Gasteiger charge is -2.23. The minimum Gasteiger partial charge on any atom is -0.490 e. The number of fused-ring (bicyclic) bond motifs is 1. The SMILES string of the molecule is c1cn2c(-c3ccc(OC4CCCCC4)cc3)cnc2cn1. The molecule has 1 aromatic carbocycles. The highest BCUT2D eigenvalue weighted by Gasteiger charge is 2.14. The summed E-state index contributed by atoms with van der Waals surface area (Å²) >= 11 is 0. The van der Waals surface area contributed by atoms with Gasteiger partial charge in [0.15, 0.2) is 5.65 Å². The van der Waals surface area contributed by atoms with E-state index < -0.39 is 0 Å². The molecule has 0 radical (unpaired) electrons. The maximum absolute atomic E-state index is 6.08. The second kappa shape index (κ2) is 5.79. The van der Waals surface area contributed by atoms with Gasteiger partial charge in [0.2, 0.25) is 0 Å². The molecule has 112 valence electrons. The topological polar surface area (TPSA) is 39.4 Å². The van der Waals surface area contributed by atoms with Gasteiger partial charge in [-0.1, -0.05) is 6.42 Å². The van der Waals surface area contributed by atoms with E-state index in [9.17, 15) is 0 Å². The van der Waals surface area contributed by atoms with E-state index in [1.807, 2.05) is 16.8 Å². The van der Waals surface area contributed by atoms with E-state index in [-0.39, 0.29) is 0 Å². The Labute approximate surface area is 129 Å². The first-order valence-corrected chi connectivity index (χ1v) is 7.94. The van der Waals surface area contributed by atoms with Crippen LogP contribution < -0.4 is 4.74 Å². The average molecular weight is 293 g/mol. The van der Waals surface area contributed by atoms with Gasteiger partial charge in [-0.15, -0.1) is 0 Å². The average Bonchev–Trinajstić information content (AvgIpc) is 3.01. The van der Waals surface area contributed by atoms with Crippen LogP contribution in [0.2, 0.25) is 0 Å². The van der Waals surface area contributed by atoms with E-state index in [1.54, 1.807) is 12.4 Å². The third kappa shape index (κ3) is 2.56. The number of hydrogen-bond donors (Lipinski definition) is 0. The predicted octanol–water partition coefficient (Wildman–Crippen LogP) is 4.11. The van der Waals surface area contributed by atoms with Gasteiger partial charge in [-0.2, -0.15) is 0 Å². The number of aromatic nitrogens is 3. The van der Waals surface area contributed by atoms with Crippen LogP contribution in [0, 0.1) is 0 Å². The number of imidazole rings is 1. The molecule has 4 heteroatoms. The molecule has 3 aromatic rings. The molecule has 0 spiro atoms. The van der Waals surface area contributed by atoms with E-state index >= 15 is 0 Å². The van der Waals surface area contributed by atoms with E-state index in [0.29, 0.717) is 6.10 Å². The van der Waals surface area contributed by atoms with E-state index in [1.165, 1.54) is 32.1 Å². The molecule has 0 saturated heterocycles. The molecule has 2 aromatic heterocycles. The van der Waals surface area contributed by atoms with Crippen LogP contribution in [-0.4, -0.2) is 20.5 Å². The second-order valence-corrected chi connectivity index (χ2v) is 5.85. The Morgan fingerprint density at radius 3 is 2.64 bits per heavy atom. The number of nitrogens with zero attached hydrogens (tertiary/aromatic N) is 3. The summed E-state index contributed by atoms with van der Waals surface area (Å²) in [5, 5.41) is 0. The standard InChI is InChI=1S/C18H19N3O/c1-2-4-15(5-3-1)22-16-8-6-14(7-9-16)17-12-20-18-13-19-10-11-21(17)18/h6-13,15H,1-5H2. The van der Waals surface area contributed by atoms with Crippen molar-refractivity contribution in [2.75, 3.05) is 0 Å². The van der Waals surface area contributed by atoms with Gasteiger partial charge in [-0.05, 0) is 49.9 Å². The van der Waals surface area contributed by atoms with Crippen LogP contribution in [0.4, 0.5) is 0 Å². The molecular weight excluding hydrogens is 274 g/mol. The first kappa shape index (κ1) is 13.3. The summed E-state index contributed by atoms with van der Waals surface area (Å²) in [7, 11) is 0. The maximum Gasteiger partial charge on any atom is 0.155 e. The van der Waals surface area contributed by atoms with Gasteiger partial charge in [0.25, 0.3) is 0 Å². The van der Waals surface area contributed by atoms with Crippen LogP contribution in [0.5, 0.6) is 5.75 Å². The molecule has 1 aliphatic carbocycles. The zero-order chi connectivity index (χ0) is 14.8. The number of benzene rings is 1. The first-order chi connectivity index (χ1) is 10.9. The molecule has 0 unspecified atom stereocenters. The van der Waals surface area contributed by atoms with E-state index in [0.717, 1.165) is 22.7 Å². The van der Waals surface area contributed by atoms with Crippen LogP contribution in [0.15, 0.2) is 49.1 Å². The highest BCUT2D eigenvalue weighted by Crippen LogP contribution is 2.26. The quantitative estimate of drug-likeness (QED) is 0.729. The van der Waals surface area contributed by atoms with Crippen molar-refractivity contribution >= 4 is 5.65 Å². The Kier molecular flexibility index (Phi) is 3.51. The van der Waals surface area contributed by atoms with Crippen LogP contribution in [-0.2, 0) is 0 Å². The zero-order valence-electron chi connectivity index (χ0n) is 12.5. The first-order valence-electron chi connectivity index (χ1n) is 7.94. The van der Waals surface area contributed by atoms with Crippen LogP contribution >= 0.6 is 0 Å². The molecule has 0 atom stereocenters. The molecule has 0 bridgehead atoms. The van der Waals surface area contributed by atoms with Crippen LogP contribution in [0.25, 0.3) is 16.9 Å². The molecule has 4 nitrogen and oxygen atoms in total. The summed E-state index contributed by atoms with van der Waals surface area (Å²) < 4.78 is 8.13. The third-order valence-electron chi connectivity index (χ3n) is 4.32. The lowest BCUT2D eigenvalue weighted by atomic mass is 9.98. The Hall–Kier alpha value is -2.36. The number of rotatable bonds is 3. The van der Waals surface area contributed by atoms with Crippen molar-refractivity contribution in [2.45, 2.75) is 38.2 Å². The fourth-order valence-electron chi connectivity index (χ4n) is 3.14. The molecule has 22 heavy (non-hydrogen) atoms. The Morgan fingerprint density at radius 1 is 1.00 bits per heavy atom. The van der Waals surface area contributed by atoms with Crippen molar-refractivity contribution < 1.29 is 4.74 Å². The molecule has 2 heterocycles. The number of hydrogen-bond acceptors (Lipinski definition) is 3. The lowest BCUT2D eigenvalue weighted by Crippen LogP contribution is -2.19. The second-order valence-electron chi connectivity index (χ2n) is 5.85. The molecule has 0 aliphatic heterocycles. The Bertz CT molecular complexity index is 757. The Balaban J connectivity index is 1.56. The number of ether oxygens (including phenoxy) is 1. The molecule has 1 aliphatic rings. The van der Waals surface area contributed by atoms with Gasteiger partial charge in [0.1, 0.15) is 5.75 Å². The maximum atomic E-state index is 6.08. The van der Waals surface area contributed by atoms with Gasteiger partial charge >= 0.3 is 0 Å². The summed E-state index contributed by atoms with van der Waals surface area (Å²) in [5.41, 5.74) is 3.07. The van der Waals surface area contributed by atoms with Gasteiger partial charge in [0, 0.05) is 18.0 Å². The molecule has 1 saturated carbocycles. The van der Waals surface area contributed by atoms with E-state index in [4.69, 9.17) is 4.74 Å². The molecule has 4 rings (SSSR count). The Morgan fingerprint density at radius 2 is 1.82 bits per heavy atom. The lowest BCUT2D eigenvalue weighted by molar-refractivity contribution is 0.155. The highest BCUT2D eigenvalue weighted by atomic mass is 16.5. The molecule has 0 N–H and O–H groups in total. The molecule has 0 amide bonds. The van der Waals surface area contributed by atoms with Crippen molar-refractivity contribution in [3.8, 4) is 17.0 Å². The van der Waals surface area contributed by atoms with Gasteiger partial charge in [-0.25, -0.2) is 4.98 Å². The minimum atomic E-state index is 0.390. The predicted molar refractivity (Wildman–Crippen MR) is 85.9 cm³/mol. The highest BCUT2D eigenvalue weighted by molar-refractivity contribution is 5.63. The normalized spacial score (nSPS) is 16.0. The largest absolute Gasteiger partial charge is 0.490 e. The van der Waals surface area contributed by atoms with Crippen molar-refractivity contribution in [2.24, 2.45) is 0 Å². The summed E-state index contributed by atoms with van der Waals surface area (Å²) in [5.74, 6) is 0.964. The van der Waals surface area contributed by atoms with Crippen molar-refractivity contribution in [3.63, 3.8) is 0 Å². The fraction of sp³-hybridized carbons (Fsp3) is 0.333. The third-order valence-corrected chi connectivity index (χ3v) is 4.32. The molecular formula is C18H19N3O. The van der Waals surface area contributed by atoms with Gasteiger partial charge < -0.3 is 4.74 Å². The molecule has 1 fully saturated rings. The van der Waals surface area contributed by atoms with Gasteiger partial charge in [0.05, 0.1) is 24.2 Å².